The lowest BCUT2D eigenvalue weighted by atomic mass is 10.00. The molecule has 3 aromatic rings. The van der Waals surface area contributed by atoms with Crippen molar-refractivity contribution in [1.29, 1.82) is 0 Å². The van der Waals surface area contributed by atoms with Crippen molar-refractivity contribution in [1.82, 2.24) is 25.3 Å². The number of para-hydroxylation sites is 1. The molecule has 0 spiro atoms. The highest BCUT2D eigenvalue weighted by Crippen LogP contribution is 2.23. The molecule has 2 aromatic carbocycles. The maximum absolute atomic E-state index is 13.2. The van der Waals surface area contributed by atoms with Crippen LogP contribution in [0.4, 0.5) is 4.79 Å². The van der Waals surface area contributed by atoms with Crippen molar-refractivity contribution in [2.45, 2.75) is 31.0 Å². The minimum Gasteiger partial charge on any atom is -0.322 e. The summed E-state index contributed by atoms with van der Waals surface area (Å²) in [6.07, 6.45) is 0.381. The summed E-state index contributed by atoms with van der Waals surface area (Å²) in [5.74, 6) is -1.32. The molecular weight excluding hydrogens is 466 g/mol. The number of carbonyl (C=O) groups excluding carboxylic acids is 3. The SMILES string of the molecule is CCC1(C)NC(=O)N(NC(=O)CSc2nc3ccccc3c(=O)n2-c2cccc(Cl)c2)C1=O. The van der Waals surface area contributed by atoms with Gasteiger partial charge in [-0.25, -0.2) is 9.78 Å². The van der Waals surface area contributed by atoms with Gasteiger partial charge in [0, 0.05) is 5.02 Å². The van der Waals surface area contributed by atoms with Gasteiger partial charge >= 0.3 is 6.03 Å². The van der Waals surface area contributed by atoms with Crippen LogP contribution in [0.25, 0.3) is 16.6 Å². The molecule has 0 bridgehead atoms. The summed E-state index contributed by atoms with van der Waals surface area (Å²) in [6, 6.07) is 12.9. The molecule has 1 aromatic heterocycles. The molecule has 0 aliphatic carbocycles. The highest BCUT2D eigenvalue weighted by molar-refractivity contribution is 7.99. The standard InChI is InChI=1S/C22H20ClN5O4S/c1-3-22(2)19(31)28(20(32)25-22)26-17(29)12-33-21-24-16-10-5-4-9-15(16)18(30)27(21)14-8-6-7-13(23)11-14/h4-11H,3,12H2,1-2H3,(H,25,32)(H,26,29). The quantitative estimate of drug-likeness (QED) is 0.315. The topological polar surface area (TPSA) is 113 Å². The molecule has 33 heavy (non-hydrogen) atoms. The maximum atomic E-state index is 13.2. The normalized spacial score (nSPS) is 18.0. The largest absolute Gasteiger partial charge is 0.344 e. The number of hydrazine groups is 1. The number of hydrogen-bond acceptors (Lipinski definition) is 6. The number of fused-ring (bicyclic) bond motifs is 1. The molecule has 4 amide bonds. The van der Waals surface area contributed by atoms with Crippen molar-refractivity contribution >= 4 is 52.1 Å². The monoisotopic (exact) mass is 485 g/mol. The van der Waals surface area contributed by atoms with Crippen molar-refractivity contribution in [2.75, 3.05) is 5.75 Å². The molecule has 9 nitrogen and oxygen atoms in total. The summed E-state index contributed by atoms with van der Waals surface area (Å²) in [5, 5.41) is 4.39. The van der Waals surface area contributed by atoms with E-state index < -0.39 is 23.4 Å². The number of carbonyl (C=O) groups is 3. The van der Waals surface area contributed by atoms with E-state index in [4.69, 9.17) is 11.6 Å². The summed E-state index contributed by atoms with van der Waals surface area (Å²) in [5.41, 5.74) is 1.95. The summed E-state index contributed by atoms with van der Waals surface area (Å²) < 4.78 is 1.38. The van der Waals surface area contributed by atoms with Gasteiger partial charge in [-0.3, -0.25) is 24.4 Å². The van der Waals surface area contributed by atoms with E-state index in [0.29, 0.717) is 33.0 Å². The predicted octanol–water partition coefficient (Wildman–Crippen LogP) is 2.88. The van der Waals surface area contributed by atoms with E-state index in [1.165, 1.54) is 4.57 Å². The minimum absolute atomic E-state index is 0.189. The van der Waals surface area contributed by atoms with E-state index in [0.717, 1.165) is 11.8 Å². The lowest BCUT2D eigenvalue weighted by molar-refractivity contribution is -0.137. The number of rotatable bonds is 6. The Morgan fingerprint density at radius 1 is 1.18 bits per heavy atom. The molecule has 11 heteroatoms. The highest BCUT2D eigenvalue weighted by atomic mass is 35.5. The van der Waals surface area contributed by atoms with Gasteiger partial charge in [0.25, 0.3) is 11.5 Å². The van der Waals surface area contributed by atoms with Crippen LogP contribution in [0.15, 0.2) is 58.5 Å². The van der Waals surface area contributed by atoms with Gasteiger partial charge in [-0.05, 0) is 43.7 Å². The molecule has 0 saturated carbocycles. The number of urea groups is 1. The van der Waals surface area contributed by atoms with Gasteiger partial charge in [0.1, 0.15) is 5.54 Å². The molecular formula is C22H20ClN5O4S. The molecule has 170 valence electrons. The summed E-state index contributed by atoms with van der Waals surface area (Å²) in [4.78, 5) is 55.0. The molecule has 4 rings (SSSR count). The van der Waals surface area contributed by atoms with E-state index in [1.54, 1.807) is 62.4 Å². The van der Waals surface area contributed by atoms with Gasteiger partial charge in [-0.1, -0.05) is 48.5 Å². The van der Waals surface area contributed by atoms with Gasteiger partial charge in [0.15, 0.2) is 5.16 Å². The number of hydrogen-bond donors (Lipinski definition) is 2. The Kier molecular flexibility index (Phi) is 6.13. The van der Waals surface area contributed by atoms with Crippen molar-refractivity contribution in [2.24, 2.45) is 0 Å². The smallest absolute Gasteiger partial charge is 0.322 e. The number of amides is 4. The van der Waals surface area contributed by atoms with E-state index in [9.17, 15) is 19.2 Å². The predicted molar refractivity (Wildman–Crippen MR) is 125 cm³/mol. The van der Waals surface area contributed by atoms with Crippen LogP contribution in [-0.2, 0) is 9.59 Å². The number of benzene rings is 2. The fraction of sp³-hybridized carbons (Fsp3) is 0.227. The second-order valence-electron chi connectivity index (χ2n) is 7.61. The summed E-state index contributed by atoms with van der Waals surface area (Å²) >= 11 is 7.12. The van der Waals surface area contributed by atoms with Crippen LogP contribution in [0, 0.1) is 0 Å². The third kappa shape index (κ3) is 4.31. The molecule has 2 N–H and O–H groups in total. The number of nitrogens with zero attached hydrogens (tertiary/aromatic N) is 3. The van der Waals surface area contributed by atoms with Gasteiger partial charge in [-0.15, -0.1) is 0 Å². The first-order chi connectivity index (χ1) is 15.7. The molecule has 1 fully saturated rings. The summed E-state index contributed by atoms with van der Waals surface area (Å²) in [6.45, 7) is 3.36. The zero-order valence-electron chi connectivity index (χ0n) is 17.8. The lowest BCUT2D eigenvalue weighted by Crippen LogP contribution is -2.49. The fourth-order valence-electron chi connectivity index (χ4n) is 3.36. The Hall–Kier alpha value is -3.37. The van der Waals surface area contributed by atoms with Gasteiger partial charge in [0.2, 0.25) is 5.91 Å². The third-order valence-electron chi connectivity index (χ3n) is 5.35. The molecule has 2 heterocycles. The highest BCUT2D eigenvalue weighted by Gasteiger charge is 2.47. The lowest BCUT2D eigenvalue weighted by Gasteiger charge is -2.19. The molecule has 1 unspecified atom stereocenters. The number of imide groups is 1. The molecule has 1 aliphatic heterocycles. The van der Waals surface area contributed by atoms with E-state index in [1.807, 2.05) is 0 Å². The summed E-state index contributed by atoms with van der Waals surface area (Å²) in [7, 11) is 0. The van der Waals surface area contributed by atoms with Crippen LogP contribution in [0.3, 0.4) is 0 Å². The Labute approximate surface area is 198 Å². The van der Waals surface area contributed by atoms with Crippen LogP contribution < -0.4 is 16.3 Å². The molecule has 1 atom stereocenters. The number of thioether (sulfide) groups is 1. The van der Waals surface area contributed by atoms with Crippen molar-refractivity contribution in [3.63, 3.8) is 0 Å². The van der Waals surface area contributed by atoms with E-state index in [2.05, 4.69) is 15.7 Å². The van der Waals surface area contributed by atoms with Crippen LogP contribution in [0.5, 0.6) is 0 Å². The van der Waals surface area contributed by atoms with Gasteiger partial charge < -0.3 is 5.32 Å². The second-order valence-corrected chi connectivity index (χ2v) is 8.99. The Morgan fingerprint density at radius 3 is 2.64 bits per heavy atom. The van der Waals surface area contributed by atoms with E-state index >= 15 is 0 Å². The van der Waals surface area contributed by atoms with E-state index in [-0.39, 0.29) is 16.5 Å². The maximum Gasteiger partial charge on any atom is 0.344 e. The Morgan fingerprint density at radius 2 is 1.94 bits per heavy atom. The number of aromatic nitrogens is 2. The van der Waals surface area contributed by atoms with Gasteiger partial charge in [-0.2, -0.15) is 5.01 Å². The first-order valence-electron chi connectivity index (χ1n) is 10.1. The Bertz CT molecular complexity index is 1340. The molecule has 1 aliphatic rings. The average molecular weight is 486 g/mol. The van der Waals surface area contributed by atoms with Crippen molar-refractivity contribution in [3.8, 4) is 5.69 Å². The molecule has 1 saturated heterocycles. The van der Waals surface area contributed by atoms with Crippen LogP contribution in [-0.4, -0.2) is 43.7 Å². The number of halogens is 1. The zero-order valence-corrected chi connectivity index (χ0v) is 19.4. The Balaban J connectivity index is 1.62. The van der Waals surface area contributed by atoms with Crippen LogP contribution >= 0.6 is 23.4 Å². The fourth-order valence-corrected chi connectivity index (χ4v) is 4.35. The average Bonchev–Trinajstić information content (AvgIpc) is 3.01. The zero-order chi connectivity index (χ0) is 23.8. The number of nitrogens with one attached hydrogen (secondary N) is 2. The molecule has 0 radical (unpaired) electrons. The third-order valence-corrected chi connectivity index (χ3v) is 6.52. The van der Waals surface area contributed by atoms with Gasteiger partial charge in [0.05, 0.1) is 22.3 Å². The van der Waals surface area contributed by atoms with Crippen LogP contribution in [0.2, 0.25) is 5.02 Å². The van der Waals surface area contributed by atoms with Crippen molar-refractivity contribution in [3.05, 3.63) is 63.9 Å². The van der Waals surface area contributed by atoms with Crippen molar-refractivity contribution < 1.29 is 14.4 Å². The first-order valence-corrected chi connectivity index (χ1v) is 11.5. The van der Waals surface area contributed by atoms with Crippen LogP contribution in [0.1, 0.15) is 20.3 Å². The first kappa shape index (κ1) is 22.8. The minimum atomic E-state index is -1.07. The second kappa shape index (κ2) is 8.87.